The minimum atomic E-state index is -0.0171. The number of benzene rings is 3. The molecule has 1 heterocycles. The Hall–Kier alpha value is -2.42. The van der Waals surface area contributed by atoms with Crippen molar-refractivity contribution in [2.45, 2.75) is 0 Å². The van der Waals surface area contributed by atoms with Crippen LogP contribution in [0.5, 0.6) is 17.2 Å². The summed E-state index contributed by atoms with van der Waals surface area (Å²) in [6, 6.07) is 14.6. The molecule has 0 saturated carbocycles. The Morgan fingerprint density at radius 2 is 1.90 bits per heavy atom. The molecule has 4 aromatic rings. The number of para-hydroxylation sites is 1. The van der Waals surface area contributed by atoms with Gasteiger partial charge in [0, 0.05) is 15.2 Å². The zero-order valence-electron chi connectivity index (χ0n) is 15.1. The number of aromatic nitrogens is 1. The van der Waals surface area contributed by atoms with Gasteiger partial charge in [-0.25, -0.2) is 4.98 Å². The SMILES string of the molecule is COc1cc(Br)c(Br)c(C=Nc2ccc(O)c(-c3nc4ccccc4s3)c2)c1O. The van der Waals surface area contributed by atoms with Crippen molar-refractivity contribution in [2.75, 3.05) is 7.11 Å². The molecule has 0 unspecified atom stereocenters. The van der Waals surface area contributed by atoms with Crippen molar-refractivity contribution in [1.29, 1.82) is 0 Å². The number of ether oxygens (including phenoxy) is 1. The fraction of sp³-hybridized carbons (Fsp3) is 0.0476. The maximum absolute atomic E-state index is 10.4. The number of hydrogen-bond donors (Lipinski definition) is 2. The highest BCUT2D eigenvalue weighted by molar-refractivity contribution is 9.13. The first-order valence-electron chi connectivity index (χ1n) is 8.46. The van der Waals surface area contributed by atoms with Gasteiger partial charge in [0.1, 0.15) is 10.8 Å². The van der Waals surface area contributed by atoms with E-state index in [0.29, 0.717) is 32.0 Å². The molecule has 0 amide bonds. The van der Waals surface area contributed by atoms with E-state index in [4.69, 9.17) is 4.74 Å². The first kappa shape index (κ1) is 19.9. The van der Waals surface area contributed by atoms with Crippen LogP contribution in [0.4, 0.5) is 5.69 Å². The first-order chi connectivity index (χ1) is 14.0. The van der Waals surface area contributed by atoms with E-state index in [1.807, 2.05) is 24.3 Å². The molecule has 0 bridgehead atoms. The van der Waals surface area contributed by atoms with Crippen molar-refractivity contribution in [3.8, 4) is 27.8 Å². The Morgan fingerprint density at radius 3 is 2.66 bits per heavy atom. The first-order valence-corrected chi connectivity index (χ1v) is 10.9. The number of fused-ring (bicyclic) bond motifs is 1. The maximum atomic E-state index is 10.4. The lowest BCUT2D eigenvalue weighted by atomic mass is 10.1. The Bertz CT molecular complexity index is 1220. The van der Waals surface area contributed by atoms with Crippen molar-refractivity contribution in [3.05, 3.63) is 63.0 Å². The van der Waals surface area contributed by atoms with Crippen molar-refractivity contribution in [1.82, 2.24) is 4.98 Å². The maximum Gasteiger partial charge on any atom is 0.167 e. The molecule has 8 heteroatoms. The zero-order valence-corrected chi connectivity index (χ0v) is 19.0. The van der Waals surface area contributed by atoms with Crippen LogP contribution >= 0.6 is 43.2 Å². The molecule has 5 nitrogen and oxygen atoms in total. The van der Waals surface area contributed by atoms with Crippen LogP contribution in [0, 0.1) is 0 Å². The van der Waals surface area contributed by atoms with E-state index in [9.17, 15) is 10.2 Å². The highest BCUT2D eigenvalue weighted by Gasteiger charge is 2.15. The summed E-state index contributed by atoms with van der Waals surface area (Å²) in [6.07, 6.45) is 1.54. The van der Waals surface area contributed by atoms with Crippen LogP contribution < -0.4 is 4.74 Å². The fourth-order valence-corrected chi connectivity index (χ4v) is 4.60. The van der Waals surface area contributed by atoms with Gasteiger partial charge in [0.15, 0.2) is 11.5 Å². The molecule has 0 radical (unpaired) electrons. The lowest BCUT2D eigenvalue weighted by Gasteiger charge is -2.10. The van der Waals surface area contributed by atoms with Gasteiger partial charge >= 0.3 is 0 Å². The Morgan fingerprint density at radius 1 is 1.10 bits per heavy atom. The number of phenols is 2. The highest BCUT2D eigenvalue weighted by Crippen LogP contribution is 2.40. The third kappa shape index (κ3) is 3.88. The number of rotatable bonds is 4. The number of halogens is 2. The van der Waals surface area contributed by atoms with Gasteiger partial charge in [0.2, 0.25) is 0 Å². The Balaban J connectivity index is 1.74. The van der Waals surface area contributed by atoms with E-state index in [1.165, 1.54) is 18.4 Å². The van der Waals surface area contributed by atoms with E-state index in [1.54, 1.807) is 30.5 Å². The molecule has 29 heavy (non-hydrogen) atoms. The largest absolute Gasteiger partial charge is 0.507 e. The lowest BCUT2D eigenvalue weighted by Crippen LogP contribution is -1.91. The minimum Gasteiger partial charge on any atom is -0.507 e. The van der Waals surface area contributed by atoms with E-state index in [2.05, 4.69) is 41.8 Å². The topological polar surface area (TPSA) is 74.9 Å². The molecule has 4 rings (SSSR count). The predicted octanol–water partition coefficient (Wildman–Crippen LogP) is 6.66. The summed E-state index contributed by atoms with van der Waals surface area (Å²) >= 11 is 8.38. The summed E-state index contributed by atoms with van der Waals surface area (Å²) in [7, 11) is 1.49. The van der Waals surface area contributed by atoms with E-state index >= 15 is 0 Å². The minimum absolute atomic E-state index is 0.0171. The fourth-order valence-electron chi connectivity index (χ4n) is 2.79. The van der Waals surface area contributed by atoms with Crippen LogP contribution in [0.1, 0.15) is 5.56 Å². The van der Waals surface area contributed by atoms with Crippen LogP contribution in [-0.4, -0.2) is 28.5 Å². The number of aliphatic imine (C=N–C) groups is 1. The van der Waals surface area contributed by atoms with Crippen LogP contribution in [0.3, 0.4) is 0 Å². The molecule has 0 atom stereocenters. The number of nitrogens with zero attached hydrogens (tertiary/aromatic N) is 2. The smallest absolute Gasteiger partial charge is 0.167 e. The average molecular weight is 534 g/mol. The predicted molar refractivity (Wildman–Crippen MR) is 124 cm³/mol. The van der Waals surface area contributed by atoms with Gasteiger partial charge in [-0.15, -0.1) is 11.3 Å². The summed E-state index contributed by atoms with van der Waals surface area (Å²) < 4.78 is 7.63. The van der Waals surface area contributed by atoms with E-state index in [0.717, 1.165) is 14.7 Å². The molecule has 0 aliphatic rings. The molecular weight excluding hydrogens is 520 g/mol. The van der Waals surface area contributed by atoms with Gasteiger partial charge in [0.05, 0.1) is 34.1 Å². The molecule has 0 aliphatic carbocycles. The van der Waals surface area contributed by atoms with Gasteiger partial charge in [-0.05, 0) is 68.3 Å². The van der Waals surface area contributed by atoms with Crippen LogP contribution in [0.15, 0.2) is 62.5 Å². The molecule has 0 fully saturated rings. The summed E-state index contributed by atoms with van der Waals surface area (Å²) in [4.78, 5) is 9.07. The van der Waals surface area contributed by atoms with Crippen LogP contribution in [0.2, 0.25) is 0 Å². The standard InChI is InChI=1S/C21H14Br2N2O3S/c1-28-17-9-14(22)19(23)13(20(17)27)10-24-11-6-7-16(26)12(8-11)21-25-15-4-2-3-5-18(15)29-21/h2-10,26-27H,1H3. The monoisotopic (exact) mass is 532 g/mol. The van der Waals surface area contributed by atoms with Crippen molar-refractivity contribution >= 4 is 65.3 Å². The van der Waals surface area contributed by atoms with E-state index in [-0.39, 0.29) is 11.5 Å². The highest BCUT2D eigenvalue weighted by atomic mass is 79.9. The van der Waals surface area contributed by atoms with Crippen LogP contribution in [0.25, 0.3) is 20.8 Å². The normalized spacial score (nSPS) is 11.4. The number of aromatic hydroxyl groups is 2. The second-order valence-electron chi connectivity index (χ2n) is 6.08. The number of methoxy groups -OCH3 is 1. The number of phenolic OH excluding ortho intramolecular Hbond substituents is 2. The molecule has 0 aliphatic heterocycles. The molecule has 0 saturated heterocycles. The summed E-state index contributed by atoms with van der Waals surface area (Å²) in [6.45, 7) is 0. The second-order valence-corrected chi connectivity index (χ2v) is 8.76. The summed E-state index contributed by atoms with van der Waals surface area (Å²) in [5.41, 5.74) is 2.58. The summed E-state index contributed by atoms with van der Waals surface area (Å²) in [5.74, 6) is 0.454. The zero-order chi connectivity index (χ0) is 20.5. The van der Waals surface area contributed by atoms with Gasteiger partial charge in [0.25, 0.3) is 0 Å². The molecular formula is C21H14Br2N2O3S. The van der Waals surface area contributed by atoms with E-state index < -0.39 is 0 Å². The number of thiazole rings is 1. The number of hydrogen-bond acceptors (Lipinski definition) is 6. The Labute approximate surface area is 187 Å². The molecule has 0 spiro atoms. The van der Waals surface area contributed by atoms with Gasteiger partial charge < -0.3 is 14.9 Å². The van der Waals surface area contributed by atoms with Gasteiger partial charge in [-0.2, -0.15) is 0 Å². The molecule has 2 N–H and O–H groups in total. The third-order valence-electron chi connectivity index (χ3n) is 4.26. The van der Waals surface area contributed by atoms with Crippen molar-refractivity contribution in [3.63, 3.8) is 0 Å². The molecule has 3 aromatic carbocycles. The molecule has 1 aromatic heterocycles. The van der Waals surface area contributed by atoms with Gasteiger partial charge in [-0.1, -0.05) is 12.1 Å². The quantitative estimate of drug-likeness (QED) is 0.288. The molecule has 146 valence electrons. The van der Waals surface area contributed by atoms with Crippen LogP contribution in [-0.2, 0) is 0 Å². The Kier molecular flexibility index (Phi) is 5.58. The van der Waals surface area contributed by atoms with Crippen molar-refractivity contribution in [2.24, 2.45) is 4.99 Å². The lowest BCUT2D eigenvalue weighted by molar-refractivity contribution is 0.372. The average Bonchev–Trinajstić information content (AvgIpc) is 3.15. The second kappa shape index (κ2) is 8.14. The van der Waals surface area contributed by atoms with Gasteiger partial charge in [-0.3, -0.25) is 4.99 Å². The van der Waals surface area contributed by atoms with Crippen molar-refractivity contribution < 1.29 is 14.9 Å². The summed E-state index contributed by atoms with van der Waals surface area (Å²) in [5, 5.41) is 21.5. The third-order valence-corrected chi connectivity index (χ3v) is 7.34.